The number of benzene rings is 1. The normalized spacial score (nSPS) is 11.1. The Morgan fingerprint density at radius 1 is 1.24 bits per heavy atom. The SMILES string of the molecule is CC(C)(C)OC(=O)NCCCNc1c(F)cc(Br)cc1F. The monoisotopic (exact) mass is 364 g/mol. The Labute approximate surface area is 131 Å². The number of anilines is 1. The molecule has 0 unspecified atom stereocenters. The Kier molecular flexibility index (Phi) is 6.39. The Bertz CT molecular complexity index is 481. The summed E-state index contributed by atoms with van der Waals surface area (Å²) in [6.07, 6.45) is -0.00252. The molecule has 1 aromatic carbocycles. The van der Waals surface area contributed by atoms with Gasteiger partial charge in [-0.2, -0.15) is 0 Å². The number of amides is 1. The molecule has 4 nitrogen and oxygen atoms in total. The van der Waals surface area contributed by atoms with E-state index in [1.807, 2.05) is 0 Å². The van der Waals surface area contributed by atoms with Crippen LogP contribution in [0.25, 0.3) is 0 Å². The van der Waals surface area contributed by atoms with Crippen LogP contribution in [0.4, 0.5) is 19.3 Å². The van der Waals surface area contributed by atoms with E-state index in [0.29, 0.717) is 24.0 Å². The van der Waals surface area contributed by atoms with E-state index < -0.39 is 23.3 Å². The van der Waals surface area contributed by atoms with Gasteiger partial charge in [-0.1, -0.05) is 15.9 Å². The quantitative estimate of drug-likeness (QED) is 0.774. The summed E-state index contributed by atoms with van der Waals surface area (Å²) in [4.78, 5) is 11.4. The third-order valence-corrected chi connectivity index (χ3v) is 2.79. The molecule has 1 aromatic rings. The summed E-state index contributed by atoms with van der Waals surface area (Å²) < 4.78 is 32.4. The number of rotatable bonds is 5. The molecule has 1 amide bonds. The zero-order valence-corrected chi connectivity index (χ0v) is 13.8. The number of carbonyl (C=O) groups is 1. The molecular weight excluding hydrogens is 346 g/mol. The van der Waals surface area contributed by atoms with Gasteiger partial charge in [0.25, 0.3) is 0 Å². The van der Waals surface area contributed by atoms with E-state index in [1.54, 1.807) is 20.8 Å². The fraction of sp³-hybridized carbons (Fsp3) is 0.500. The van der Waals surface area contributed by atoms with Crippen LogP contribution in [0.1, 0.15) is 27.2 Å². The van der Waals surface area contributed by atoms with Crippen LogP contribution in [-0.2, 0) is 4.74 Å². The van der Waals surface area contributed by atoms with E-state index in [9.17, 15) is 13.6 Å². The lowest BCUT2D eigenvalue weighted by Crippen LogP contribution is -2.33. The van der Waals surface area contributed by atoms with Gasteiger partial charge in [0.05, 0.1) is 0 Å². The van der Waals surface area contributed by atoms with E-state index in [4.69, 9.17) is 4.74 Å². The molecule has 0 heterocycles. The standard InChI is InChI=1S/C14H19BrF2N2O2/c1-14(2,3)21-13(20)19-6-4-5-18-12-10(16)7-9(15)8-11(12)17/h7-8,18H,4-6H2,1-3H3,(H,19,20). The maximum Gasteiger partial charge on any atom is 0.407 e. The molecule has 0 spiro atoms. The second kappa shape index (κ2) is 7.59. The second-order valence-corrected chi connectivity index (χ2v) is 6.37. The van der Waals surface area contributed by atoms with Gasteiger partial charge in [0.2, 0.25) is 0 Å². The summed E-state index contributed by atoms with van der Waals surface area (Å²) in [6.45, 7) is 5.99. The van der Waals surface area contributed by atoms with E-state index in [2.05, 4.69) is 26.6 Å². The number of hydrogen-bond donors (Lipinski definition) is 2. The van der Waals surface area contributed by atoms with Crippen molar-refractivity contribution in [1.82, 2.24) is 5.32 Å². The topological polar surface area (TPSA) is 50.4 Å². The molecule has 0 aliphatic carbocycles. The minimum Gasteiger partial charge on any atom is -0.444 e. The molecule has 0 fully saturated rings. The predicted octanol–water partition coefficient (Wildman–Crippen LogP) is 4.05. The van der Waals surface area contributed by atoms with Crippen molar-refractivity contribution in [1.29, 1.82) is 0 Å². The molecule has 0 radical (unpaired) electrons. The molecule has 0 aliphatic rings. The molecule has 118 valence electrons. The highest BCUT2D eigenvalue weighted by Crippen LogP contribution is 2.23. The summed E-state index contributed by atoms with van der Waals surface area (Å²) in [5.41, 5.74) is -0.720. The van der Waals surface area contributed by atoms with Gasteiger partial charge >= 0.3 is 6.09 Å². The summed E-state index contributed by atoms with van der Waals surface area (Å²) in [7, 11) is 0. The van der Waals surface area contributed by atoms with Crippen molar-refractivity contribution < 1.29 is 18.3 Å². The number of halogens is 3. The van der Waals surface area contributed by atoms with Crippen molar-refractivity contribution in [2.45, 2.75) is 32.8 Å². The van der Waals surface area contributed by atoms with Crippen molar-refractivity contribution in [2.75, 3.05) is 18.4 Å². The van der Waals surface area contributed by atoms with Gasteiger partial charge in [-0.05, 0) is 39.3 Å². The van der Waals surface area contributed by atoms with Gasteiger partial charge in [-0.15, -0.1) is 0 Å². The van der Waals surface area contributed by atoms with Gasteiger partial charge in [0, 0.05) is 17.6 Å². The number of alkyl carbamates (subject to hydrolysis) is 1. The fourth-order valence-corrected chi connectivity index (χ4v) is 1.92. The van der Waals surface area contributed by atoms with E-state index in [1.165, 1.54) is 12.1 Å². The first-order chi connectivity index (χ1) is 9.69. The summed E-state index contributed by atoms with van der Waals surface area (Å²) in [5.74, 6) is -1.33. The van der Waals surface area contributed by atoms with E-state index in [0.717, 1.165) is 0 Å². The Balaban J connectivity index is 2.31. The molecule has 0 aliphatic heterocycles. The van der Waals surface area contributed by atoms with E-state index >= 15 is 0 Å². The first kappa shape index (κ1) is 17.7. The minimum atomic E-state index is -0.665. The average molecular weight is 365 g/mol. The summed E-state index contributed by atoms with van der Waals surface area (Å²) >= 11 is 3.01. The first-order valence-corrected chi connectivity index (χ1v) is 7.33. The van der Waals surface area contributed by atoms with Gasteiger partial charge < -0.3 is 15.4 Å². The molecule has 0 atom stereocenters. The maximum atomic E-state index is 13.5. The van der Waals surface area contributed by atoms with Crippen LogP contribution >= 0.6 is 15.9 Å². The molecule has 0 saturated heterocycles. The first-order valence-electron chi connectivity index (χ1n) is 6.54. The molecule has 21 heavy (non-hydrogen) atoms. The highest BCUT2D eigenvalue weighted by atomic mass is 79.9. The van der Waals surface area contributed by atoms with Crippen LogP contribution in [0.3, 0.4) is 0 Å². The minimum absolute atomic E-state index is 0.171. The van der Waals surface area contributed by atoms with Crippen LogP contribution < -0.4 is 10.6 Å². The molecule has 1 rings (SSSR count). The summed E-state index contributed by atoms with van der Waals surface area (Å²) in [5, 5.41) is 5.24. The van der Waals surface area contributed by atoms with Gasteiger partial charge in [-0.3, -0.25) is 0 Å². The maximum absolute atomic E-state index is 13.5. The van der Waals surface area contributed by atoms with Crippen LogP contribution in [0.2, 0.25) is 0 Å². The molecule has 7 heteroatoms. The van der Waals surface area contributed by atoms with Gasteiger partial charge in [0.15, 0.2) is 0 Å². The third kappa shape index (κ3) is 6.75. The van der Waals surface area contributed by atoms with Crippen LogP contribution in [0.15, 0.2) is 16.6 Å². The van der Waals surface area contributed by atoms with E-state index in [-0.39, 0.29) is 5.69 Å². The van der Waals surface area contributed by atoms with Crippen LogP contribution in [0, 0.1) is 11.6 Å². The zero-order valence-electron chi connectivity index (χ0n) is 12.2. The molecule has 2 N–H and O–H groups in total. The van der Waals surface area contributed by atoms with Crippen LogP contribution in [0.5, 0.6) is 0 Å². The largest absolute Gasteiger partial charge is 0.444 e. The van der Waals surface area contributed by atoms with Crippen molar-refractivity contribution in [3.05, 3.63) is 28.2 Å². The Morgan fingerprint density at radius 3 is 2.33 bits per heavy atom. The van der Waals surface area contributed by atoms with Crippen molar-refractivity contribution >= 4 is 27.7 Å². The predicted molar refractivity (Wildman–Crippen MR) is 81.4 cm³/mol. The highest BCUT2D eigenvalue weighted by Gasteiger charge is 2.15. The lowest BCUT2D eigenvalue weighted by molar-refractivity contribution is 0.0528. The average Bonchev–Trinajstić information content (AvgIpc) is 2.29. The third-order valence-electron chi connectivity index (χ3n) is 2.33. The zero-order chi connectivity index (χ0) is 16.0. The number of nitrogens with one attached hydrogen (secondary N) is 2. The lowest BCUT2D eigenvalue weighted by Gasteiger charge is -2.19. The molecule has 0 saturated carbocycles. The highest BCUT2D eigenvalue weighted by molar-refractivity contribution is 9.10. The van der Waals surface area contributed by atoms with Gasteiger partial charge in [0.1, 0.15) is 22.9 Å². The molecule has 0 aromatic heterocycles. The van der Waals surface area contributed by atoms with Crippen molar-refractivity contribution in [2.24, 2.45) is 0 Å². The number of carbonyl (C=O) groups excluding carboxylic acids is 1. The summed E-state index contributed by atoms with van der Waals surface area (Å²) in [6, 6.07) is 2.37. The van der Waals surface area contributed by atoms with Crippen molar-refractivity contribution in [3.8, 4) is 0 Å². The smallest absolute Gasteiger partial charge is 0.407 e. The molecular formula is C14H19BrF2N2O2. The van der Waals surface area contributed by atoms with Crippen molar-refractivity contribution in [3.63, 3.8) is 0 Å². The van der Waals surface area contributed by atoms with Gasteiger partial charge in [-0.25, -0.2) is 13.6 Å². The Hall–Kier alpha value is -1.37. The number of hydrogen-bond acceptors (Lipinski definition) is 3. The van der Waals surface area contributed by atoms with Crippen LogP contribution in [-0.4, -0.2) is 24.8 Å². The Morgan fingerprint density at radius 2 is 1.81 bits per heavy atom. The fourth-order valence-electron chi connectivity index (χ4n) is 1.52. The number of ether oxygens (including phenoxy) is 1. The second-order valence-electron chi connectivity index (χ2n) is 5.45. The molecule has 0 bridgehead atoms. The lowest BCUT2D eigenvalue weighted by atomic mass is 10.2.